The molecule has 4 rings (SSSR count). The number of carbonyl (C=O) groups is 1. The van der Waals surface area contributed by atoms with Gasteiger partial charge < -0.3 is 20.4 Å². The second kappa shape index (κ2) is 8.60. The molecule has 1 amide bonds. The number of rotatable bonds is 5. The largest absolute Gasteiger partial charge is 0.370 e. The van der Waals surface area contributed by atoms with Gasteiger partial charge in [-0.3, -0.25) is 4.79 Å². The van der Waals surface area contributed by atoms with E-state index >= 15 is 0 Å². The van der Waals surface area contributed by atoms with Gasteiger partial charge in [-0.25, -0.2) is 9.98 Å². The predicted octanol–water partition coefficient (Wildman–Crippen LogP) is 1.90. The van der Waals surface area contributed by atoms with Crippen molar-refractivity contribution in [1.29, 1.82) is 0 Å². The van der Waals surface area contributed by atoms with Gasteiger partial charge in [0.1, 0.15) is 0 Å². The number of guanidine groups is 1. The molecule has 7 nitrogen and oxygen atoms in total. The molecule has 0 unspecified atom stereocenters. The molecule has 0 aliphatic carbocycles. The molecule has 0 saturated carbocycles. The van der Waals surface area contributed by atoms with Crippen molar-refractivity contribution in [3.8, 4) is 0 Å². The molecule has 2 aromatic rings. The molecule has 2 aliphatic rings. The molecule has 2 fully saturated rings. The number of likely N-dealkylation sites (tertiary alicyclic amines) is 1. The van der Waals surface area contributed by atoms with Gasteiger partial charge in [0.25, 0.3) is 0 Å². The van der Waals surface area contributed by atoms with E-state index in [1.54, 1.807) is 11.3 Å². The number of amides is 1. The first-order valence-corrected chi connectivity index (χ1v) is 10.6. The number of aliphatic imine (C=N–C) groups is 1. The van der Waals surface area contributed by atoms with E-state index in [-0.39, 0.29) is 5.91 Å². The summed E-state index contributed by atoms with van der Waals surface area (Å²) in [4.78, 5) is 27.2. The summed E-state index contributed by atoms with van der Waals surface area (Å²) in [6.45, 7) is 5.62. The van der Waals surface area contributed by atoms with E-state index < -0.39 is 0 Å². The molecule has 2 N–H and O–H groups in total. The average Bonchev–Trinajstić information content (AvgIpc) is 3.39. The number of hydrogen-bond donors (Lipinski definition) is 1. The number of anilines is 1. The van der Waals surface area contributed by atoms with Crippen LogP contribution in [0.15, 0.2) is 40.8 Å². The Kier molecular flexibility index (Phi) is 5.76. The molecule has 1 aromatic carbocycles. The lowest BCUT2D eigenvalue weighted by Crippen LogP contribution is -2.51. The quantitative estimate of drug-likeness (QED) is 0.615. The summed E-state index contributed by atoms with van der Waals surface area (Å²) in [6, 6.07) is 8.29. The number of aromatic nitrogens is 1. The second-order valence-corrected chi connectivity index (χ2v) is 8.08. The first-order chi connectivity index (χ1) is 13.7. The van der Waals surface area contributed by atoms with Crippen molar-refractivity contribution < 1.29 is 4.79 Å². The molecule has 0 atom stereocenters. The standard InChI is InChI=1S/C20H26N6OS/c21-19(24-8-10-25(11-9-24)20-22-6-12-28-20)23-14-16-3-1-4-17(13-16)15-26-7-2-5-18(26)27/h1,3-4,6,12-13H,2,5,7-11,14-15H2,(H2,21,23). The van der Waals surface area contributed by atoms with Crippen LogP contribution in [-0.2, 0) is 17.9 Å². The Morgan fingerprint density at radius 2 is 2.00 bits per heavy atom. The highest BCUT2D eigenvalue weighted by Gasteiger charge is 2.21. The third-order valence-electron chi connectivity index (χ3n) is 5.25. The molecular weight excluding hydrogens is 372 g/mol. The number of nitrogens with two attached hydrogens (primary N) is 1. The normalized spacial score (nSPS) is 18.2. The minimum Gasteiger partial charge on any atom is -0.370 e. The summed E-state index contributed by atoms with van der Waals surface area (Å²) >= 11 is 1.67. The fraction of sp³-hybridized carbons (Fsp3) is 0.450. The van der Waals surface area contributed by atoms with Crippen LogP contribution in [0.5, 0.6) is 0 Å². The molecule has 2 aliphatic heterocycles. The van der Waals surface area contributed by atoms with Crippen LogP contribution in [0.4, 0.5) is 5.13 Å². The summed E-state index contributed by atoms with van der Waals surface area (Å²) in [6.07, 6.45) is 3.49. The van der Waals surface area contributed by atoms with E-state index in [1.807, 2.05) is 22.5 Å². The van der Waals surface area contributed by atoms with Crippen LogP contribution in [0.25, 0.3) is 0 Å². The maximum atomic E-state index is 11.8. The van der Waals surface area contributed by atoms with Crippen LogP contribution >= 0.6 is 11.3 Å². The summed E-state index contributed by atoms with van der Waals surface area (Å²) in [5.41, 5.74) is 8.51. The number of carbonyl (C=O) groups excluding carboxylic acids is 1. The maximum absolute atomic E-state index is 11.8. The van der Waals surface area contributed by atoms with Crippen LogP contribution in [-0.4, -0.2) is 59.4 Å². The molecule has 0 radical (unpaired) electrons. The molecule has 1 aromatic heterocycles. The van der Waals surface area contributed by atoms with Crippen molar-refractivity contribution in [2.75, 3.05) is 37.6 Å². The van der Waals surface area contributed by atoms with E-state index in [4.69, 9.17) is 5.73 Å². The van der Waals surface area contributed by atoms with Gasteiger partial charge in [-0.2, -0.15) is 0 Å². The van der Waals surface area contributed by atoms with Gasteiger partial charge in [-0.05, 0) is 17.5 Å². The van der Waals surface area contributed by atoms with Crippen molar-refractivity contribution >= 4 is 28.3 Å². The van der Waals surface area contributed by atoms with Crippen molar-refractivity contribution in [3.63, 3.8) is 0 Å². The molecule has 28 heavy (non-hydrogen) atoms. The minimum absolute atomic E-state index is 0.254. The van der Waals surface area contributed by atoms with E-state index in [2.05, 4.69) is 38.0 Å². The van der Waals surface area contributed by atoms with E-state index in [0.29, 0.717) is 25.5 Å². The van der Waals surface area contributed by atoms with Gasteiger partial charge in [-0.1, -0.05) is 24.3 Å². The highest BCUT2D eigenvalue weighted by Crippen LogP contribution is 2.19. The van der Waals surface area contributed by atoms with E-state index in [9.17, 15) is 4.79 Å². The highest BCUT2D eigenvalue weighted by atomic mass is 32.1. The van der Waals surface area contributed by atoms with Crippen LogP contribution in [0.1, 0.15) is 24.0 Å². The molecular formula is C20H26N6OS. The molecule has 0 spiro atoms. The van der Waals surface area contributed by atoms with Crippen LogP contribution < -0.4 is 10.6 Å². The fourth-order valence-corrected chi connectivity index (χ4v) is 4.39. The lowest BCUT2D eigenvalue weighted by atomic mass is 10.1. The lowest BCUT2D eigenvalue weighted by molar-refractivity contribution is -0.128. The first-order valence-electron chi connectivity index (χ1n) is 9.74. The summed E-state index contributed by atoms with van der Waals surface area (Å²) in [5, 5.41) is 3.08. The summed E-state index contributed by atoms with van der Waals surface area (Å²) in [5.74, 6) is 0.850. The van der Waals surface area contributed by atoms with Crippen molar-refractivity contribution in [3.05, 3.63) is 47.0 Å². The Morgan fingerprint density at radius 3 is 2.71 bits per heavy atom. The third-order valence-corrected chi connectivity index (χ3v) is 6.09. The summed E-state index contributed by atoms with van der Waals surface area (Å²) < 4.78 is 0. The maximum Gasteiger partial charge on any atom is 0.222 e. The zero-order valence-electron chi connectivity index (χ0n) is 16.0. The van der Waals surface area contributed by atoms with E-state index in [0.717, 1.165) is 55.4 Å². The number of nitrogens with zero attached hydrogens (tertiary/aromatic N) is 5. The van der Waals surface area contributed by atoms with Crippen LogP contribution in [0.2, 0.25) is 0 Å². The van der Waals surface area contributed by atoms with Crippen LogP contribution in [0, 0.1) is 0 Å². The average molecular weight is 399 g/mol. The van der Waals surface area contributed by atoms with Gasteiger partial charge in [-0.15, -0.1) is 11.3 Å². The topological polar surface area (TPSA) is 78.1 Å². The Bertz CT molecular complexity index is 829. The van der Waals surface area contributed by atoms with E-state index in [1.165, 1.54) is 0 Å². The monoisotopic (exact) mass is 398 g/mol. The van der Waals surface area contributed by atoms with Gasteiger partial charge >= 0.3 is 0 Å². The third kappa shape index (κ3) is 4.44. The Labute approximate surface area is 169 Å². The first kappa shape index (κ1) is 18.7. The smallest absolute Gasteiger partial charge is 0.222 e. The molecule has 2 saturated heterocycles. The fourth-order valence-electron chi connectivity index (χ4n) is 3.69. The van der Waals surface area contributed by atoms with Crippen molar-refractivity contribution in [2.45, 2.75) is 25.9 Å². The number of piperazine rings is 1. The molecule has 3 heterocycles. The van der Waals surface area contributed by atoms with Crippen LogP contribution in [0.3, 0.4) is 0 Å². The Hall–Kier alpha value is -2.61. The number of thiazole rings is 1. The predicted molar refractivity (Wildman–Crippen MR) is 112 cm³/mol. The lowest BCUT2D eigenvalue weighted by Gasteiger charge is -2.35. The minimum atomic E-state index is 0.254. The van der Waals surface area contributed by atoms with Gasteiger partial charge in [0.2, 0.25) is 5.91 Å². The van der Waals surface area contributed by atoms with Crippen molar-refractivity contribution in [1.82, 2.24) is 14.8 Å². The van der Waals surface area contributed by atoms with Gasteiger partial charge in [0.15, 0.2) is 11.1 Å². The van der Waals surface area contributed by atoms with Crippen molar-refractivity contribution in [2.24, 2.45) is 10.7 Å². The zero-order valence-corrected chi connectivity index (χ0v) is 16.8. The SMILES string of the molecule is NC(=NCc1cccc(CN2CCCC2=O)c1)N1CCN(c2nccs2)CC1. The number of hydrogen-bond acceptors (Lipinski definition) is 5. The Morgan fingerprint density at radius 1 is 1.18 bits per heavy atom. The second-order valence-electron chi connectivity index (χ2n) is 7.20. The number of benzene rings is 1. The van der Waals surface area contributed by atoms with Gasteiger partial charge in [0.05, 0.1) is 6.54 Å². The Balaban J connectivity index is 1.31. The summed E-state index contributed by atoms with van der Waals surface area (Å²) in [7, 11) is 0. The zero-order chi connectivity index (χ0) is 19.3. The van der Waals surface area contributed by atoms with Gasteiger partial charge in [0, 0.05) is 57.3 Å². The highest BCUT2D eigenvalue weighted by molar-refractivity contribution is 7.13. The molecule has 148 valence electrons. The molecule has 0 bridgehead atoms. The molecule has 8 heteroatoms.